The first kappa shape index (κ1) is 19.2. The highest BCUT2D eigenvalue weighted by atomic mass is 16.5. The summed E-state index contributed by atoms with van der Waals surface area (Å²) >= 11 is 0. The van der Waals surface area contributed by atoms with E-state index < -0.39 is 0 Å². The number of hydrogen-bond donors (Lipinski definition) is 1. The van der Waals surface area contributed by atoms with Gasteiger partial charge in [-0.1, -0.05) is 12.1 Å². The molecule has 3 rings (SSSR count). The van der Waals surface area contributed by atoms with Gasteiger partial charge in [0.2, 0.25) is 0 Å². The number of aliphatic imine (C=N–C) groups is 1. The lowest BCUT2D eigenvalue weighted by Crippen LogP contribution is -2.48. The molecule has 0 saturated carbocycles. The van der Waals surface area contributed by atoms with Crippen molar-refractivity contribution in [3.63, 3.8) is 0 Å². The Labute approximate surface area is 161 Å². The molecule has 1 fully saturated rings. The number of guanidine groups is 1. The standard InChI is InChI=1S/C20H29N5O2/c1-4-26-18-7-5-6-16(12-18)8-9-22-20(21-2)25-10-11-27-19(15-25)17-13-23-24(3)14-17/h5-7,12-14,19H,4,8-11,15H2,1-3H3,(H,21,22). The van der Waals surface area contributed by atoms with Crippen molar-refractivity contribution in [1.82, 2.24) is 20.0 Å². The second kappa shape index (κ2) is 9.41. The van der Waals surface area contributed by atoms with Crippen LogP contribution in [0.5, 0.6) is 5.75 Å². The van der Waals surface area contributed by atoms with Crippen LogP contribution in [-0.2, 0) is 18.2 Å². The third-order valence-corrected chi connectivity index (χ3v) is 4.58. The molecule has 0 spiro atoms. The summed E-state index contributed by atoms with van der Waals surface area (Å²) in [5.74, 6) is 1.83. The maximum atomic E-state index is 5.92. The van der Waals surface area contributed by atoms with Crippen molar-refractivity contribution in [3.05, 3.63) is 47.8 Å². The average molecular weight is 371 g/mol. The van der Waals surface area contributed by atoms with Gasteiger partial charge in [-0.25, -0.2) is 0 Å². The summed E-state index contributed by atoms with van der Waals surface area (Å²) in [6, 6.07) is 8.25. The Bertz CT molecular complexity index is 758. The molecule has 0 bridgehead atoms. The van der Waals surface area contributed by atoms with Crippen LogP contribution in [0, 0.1) is 0 Å². The highest BCUT2D eigenvalue weighted by Gasteiger charge is 2.25. The summed E-state index contributed by atoms with van der Waals surface area (Å²) in [4.78, 5) is 6.70. The molecule has 27 heavy (non-hydrogen) atoms. The molecular formula is C20H29N5O2. The lowest BCUT2D eigenvalue weighted by atomic mass is 10.1. The molecule has 0 radical (unpaired) electrons. The fourth-order valence-electron chi connectivity index (χ4n) is 3.26. The lowest BCUT2D eigenvalue weighted by Gasteiger charge is -2.34. The van der Waals surface area contributed by atoms with Crippen molar-refractivity contribution in [2.24, 2.45) is 12.0 Å². The first-order valence-electron chi connectivity index (χ1n) is 9.47. The molecule has 1 aromatic carbocycles. The molecule has 1 aliphatic heterocycles. The van der Waals surface area contributed by atoms with Crippen molar-refractivity contribution >= 4 is 5.96 Å². The van der Waals surface area contributed by atoms with Gasteiger partial charge in [-0.05, 0) is 31.0 Å². The minimum Gasteiger partial charge on any atom is -0.494 e. The van der Waals surface area contributed by atoms with E-state index >= 15 is 0 Å². The molecule has 146 valence electrons. The summed E-state index contributed by atoms with van der Waals surface area (Å²) in [5, 5.41) is 7.72. The number of nitrogens with one attached hydrogen (secondary N) is 1. The third-order valence-electron chi connectivity index (χ3n) is 4.58. The van der Waals surface area contributed by atoms with Gasteiger partial charge < -0.3 is 19.7 Å². The van der Waals surface area contributed by atoms with E-state index in [-0.39, 0.29) is 6.10 Å². The topological polar surface area (TPSA) is 63.9 Å². The molecular weight excluding hydrogens is 342 g/mol. The number of ether oxygens (including phenoxy) is 2. The molecule has 1 atom stereocenters. The van der Waals surface area contributed by atoms with Crippen LogP contribution in [0.4, 0.5) is 0 Å². The van der Waals surface area contributed by atoms with Gasteiger partial charge in [-0.3, -0.25) is 9.67 Å². The first-order valence-corrected chi connectivity index (χ1v) is 9.47. The van der Waals surface area contributed by atoms with Crippen molar-refractivity contribution in [1.29, 1.82) is 0 Å². The van der Waals surface area contributed by atoms with E-state index in [1.54, 1.807) is 4.68 Å². The largest absolute Gasteiger partial charge is 0.494 e. The Balaban J connectivity index is 1.53. The Morgan fingerprint density at radius 3 is 3.07 bits per heavy atom. The number of rotatable bonds is 6. The van der Waals surface area contributed by atoms with E-state index in [1.807, 2.05) is 45.5 Å². The van der Waals surface area contributed by atoms with E-state index in [4.69, 9.17) is 9.47 Å². The average Bonchev–Trinajstić information content (AvgIpc) is 3.12. The SMILES string of the molecule is CCOc1cccc(CCNC(=NC)N2CCOC(c3cnn(C)c3)C2)c1. The Hall–Kier alpha value is -2.54. The van der Waals surface area contributed by atoms with E-state index in [1.165, 1.54) is 5.56 Å². The van der Waals surface area contributed by atoms with Gasteiger partial charge >= 0.3 is 0 Å². The van der Waals surface area contributed by atoms with Crippen LogP contribution in [-0.4, -0.2) is 60.5 Å². The normalized spacial score (nSPS) is 17.8. The smallest absolute Gasteiger partial charge is 0.193 e. The Morgan fingerprint density at radius 2 is 2.33 bits per heavy atom. The van der Waals surface area contributed by atoms with E-state index in [9.17, 15) is 0 Å². The minimum absolute atomic E-state index is 0.0221. The van der Waals surface area contributed by atoms with Crippen molar-refractivity contribution in [3.8, 4) is 5.75 Å². The highest BCUT2D eigenvalue weighted by molar-refractivity contribution is 5.80. The van der Waals surface area contributed by atoms with Gasteiger partial charge in [0.15, 0.2) is 5.96 Å². The fraction of sp³-hybridized carbons (Fsp3) is 0.500. The van der Waals surface area contributed by atoms with Crippen LogP contribution in [0.2, 0.25) is 0 Å². The summed E-state index contributed by atoms with van der Waals surface area (Å²) in [5.41, 5.74) is 2.35. The Morgan fingerprint density at radius 1 is 1.44 bits per heavy atom. The number of nitrogens with zero attached hydrogens (tertiary/aromatic N) is 4. The quantitative estimate of drug-likeness (QED) is 0.622. The highest BCUT2D eigenvalue weighted by Crippen LogP contribution is 2.21. The molecule has 1 unspecified atom stereocenters. The zero-order valence-corrected chi connectivity index (χ0v) is 16.4. The van der Waals surface area contributed by atoms with Gasteiger partial charge in [0, 0.05) is 38.9 Å². The molecule has 0 aliphatic carbocycles. The van der Waals surface area contributed by atoms with Crippen molar-refractivity contribution < 1.29 is 9.47 Å². The second-order valence-corrected chi connectivity index (χ2v) is 6.56. The molecule has 2 heterocycles. The van der Waals surface area contributed by atoms with Crippen LogP contribution < -0.4 is 10.1 Å². The summed E-state index contributed by atoms with van der Waals surface area (Å²) < 4.78 is 13.3. The monoisotopic (exact) mass is 371 g/mol. The fourth-order valence-corrected chi connectivity index (χ4v) is 3.26. The zero-order chi connectivity index (χ0) is 19.1. The van der Waals surface area contributed by atoms with Gasteiger partial charge in [-0.2, -0.15) is 5.10 Å². The van der Waals surface area contributed by atoms with Crippen LogP contribution in [0.15, 0.2) is 41.7 Å². The molecule has 1 N–H and O–H groups in total. The number of hydrogen-bond acceptors (Lipinski definition) is 4. The number of benzene rings is 1. The number of aryl methyl sites for hydroxylation is 1. The summed E-state index contributed by atoms with van der Waals surface area (Å²) in [7, 11) is 3.75. The molecule has 0 amide bonds. The first-order chi connectivity index (χ1) is 13.2. The molecule has 7 nitrogen and oxygen atoms in total. The van der Waals surface area contributed by atoms with Gasteiger partial charge in [0.25, 0.3) is 0 Å². The number of morpholine rings is 1. The third kappa shape index (κ3) is 5.23. The molecule has 1 aromatic heterocycles. The summed E-state index contributed by atoms with van der Waals surface area (Å²) in [6.07, 6.45) is 4.82. The molecule has 2 aromatic rings. The Kier molecular flexibility index (Phi) is 6.70. The van der Waals surface area contributed by atoms with Crippen molar-refractivity contribution in [2.75, 3.05) is 39.9 Å². The lowest BCUT2D eigenvalue weighted by molar-refractivity contribution is -0.00800. The van der Waals surface area contributed by atoms with E-state index in [2.05, 4.69) is 32.4 Å². The van der Waals surface area contributed by atoms with Crippen LogP contribution >= 0.6 is 0 Å². The second-order valence-electron chi connectivity index (χ2n) is 6.56. The van der Waals surface area contributed by atoms with Gasteiger partial charge in [0.1, 0.15) is 11.9 Å². The minimum atomic E-state index is 0.0221. The van der Waals surface area contributed by atoms with Gasteiger partial charge in [-0.15, -0.1) is 0 Å². The molecule has 1 saturated heterocycles. The molecule has 1 aliphatic rings. The zero-order valence-electron chi connectivity index (χ0n) is 16.4. The van der Waals surface area contributed by atoms with Crippen LogP contribution in [0.3, 0.4) is 0 Å². The summed E-state index contributed by atoms with van der Waals surface area (Å²) in [6.45, 7) is 5.78. The number of aromatic nitrogens is 2. The van der Waals surface area contributed by atoms with E-state index in [0.717, 1.165) is 43.3 Å². The van der Waals surface area contributed by atoms with Crippen LogP contribution in [0.25, 0.3) is 0 Å². The predicted octanol–water partition coefficient (Wildman–Crippen LogP) is 2.01. The van der Waals surface area contributed by atoms with E-state index in [0.29, 0.717) is 13.2 Å². The maximum Gasteiger partial charge on any atom is 0.193 e. The van der Waals surface area contributed by atoms with Gasteiger partial charge in [0.05, 0.1) is 26.0 Å². The predicted molar refractivity (Wildman–Crippen MR) is 106 cm³/mol. The van der Waals surface area contributed by atoms with Crippen LogP contribution in [0.1, 0.15) is 24.2 Å². The maximum absolute atomic E-state index is 5.92. The van der Waals surface area contributed by atoms with Crippen molar-refractivity contribution in [2.45, 2.75) is 19.4 Å². The molecule has 7 heteroatoms.